The van der Waals surface area contributed by atoms with Crippen LogP contribution in [0.2, 0.25) is 10.0 Å². The first kappa shape index (κ1) is 30.8. The number of carbonyl (C=O) groups is 1. The molecule has 0 spiro atoms. The Hall–Kier alpha value is -3.22. The molecule has 232 valence electrons. The summed E-state index contributed by atoms with van der Waals surface area (Å²) in [4.78, 5) is 23.3. The van der Waals surface area contributed by atoms with Crippen molar-refractivity contribution in [3.05, 3.63) is 81.2 Å². The maximum Gasteiger partial charge on any atom is 0.275 e. The summed E-state index contributed by atoms with van der Waals surface area (Å²) in [6.45, 7) is 5.44. The molecule has 1 saturated heterocycles. The number of rotatable bonds is 8. The highest BCUT2D eigenvalue weighted by Gasteiger charge is 2.43. The van der Waals surface area contributed by atoms with E-state index in [2.05, 4.69) is 4.90 Å². The molecule has 1 amide bonds. The Balaban J connectivity index is 1.48. The predicted molar refractivity (Wildman–Crippen MR) is 166 cm³/mol. The molecule has 2 aliphatic heterocycles. The summed E-state index contributed by atoms with van der Waals surface area (Å²) < 4.78 is 54.0. The van der Waals surface area contributed by atoms with Gasteiger partial charge >= 0.3 is 0 Å². The monoisotopic (exact) mass is 660 g/mol. The van der Waals surface area contributed by atoms with Gasteiger partial charge in [0.25, 0.3) is 5.91 Å². The number of fused-ring (bicyclic) bond motifs is 2. The molecule has 2 aromatic carbocycles. The lowest BCUT2D eigenvalue weighted by Gasteiger charge is -2.31. The number of morpholine rings is 1. The van der Waals surface area contributed by atoms with Gasteiger partial charge in [0.15, 0.2) is 21.4 Å². The van der Waals surface area contributed by atoms with Crippen LogP contribution in [-0.4, -0.2) is 85.8 Å². The summed E-state index contributed by atoms with van der Waals surface area (Å²) in [5.41, 5.74) is 2.34. The van der Waals surface area contributed by atoms with Crippen molar-refractivity contribution in [2.45, 2.75) is 24.3 Å². The zero-order chi connectivity index (χ0) is 31.2. The summed E-state index contributed by atoms with van der Waals surface area (Å²) in [6.07, 6.45) is 0.584. The molecule has 0 radical (unpaired) electrons. The Labute approximate surface area is 265 Å². The van der Waals surface area contributed by atoms with Gasteiger partial charge in [0.1, 0.15) is 11.5 Å². The number of pyridine rings is 1. The van der Waals surface area contributed by atoms with Crippen molar-refractivity contribution < 1.29 is 27.1 Å². The van der Waals surface area contributed by atoms with Gasteiger partial charge in [-0.15, -0.1) is 0 Å². The first-order valence-corrected chi connectivity index (χ1v) is 16.6. The Kier molecular flexibility index (Phi) is 8.60. The van der Waals surface area contributed by atoms with Crippen LogP contribution in [0, 0.1) is 12.7 Å². The van der Waals surface area contributed by atoms with E-state index in [9.17, 15) is 17.6 Å². The Morgan fingerprint density at radius 1 is 1.16 bits per heavy atom. The summed E-state index contributed by atoms with van der Waals surface area (Å²) >= 11 is 12.6. The average molecular weight is 662 g/mol. The number of nitrogens with zero attached hydrogens (tertiary/aromatic N) is 4. The minimum Gasteiger partial charge on any atom is -0.482 e. The van der Waals surface area contributed by atoms with Gasteiger partial charge in [-0.05, 0) is 60.9 Å². The number of methoxy groups -OCH3 is 1. The van der Waals surface area contributed by atoms with Gasteiger partial charge in [-0.1, -0.05) is 35.3 Å². The lowest BCUT2D eigenvalue weighted by atomic mass is 10.0. The second-order valence-electron chi connectivity index (χ2n) is 10.9. The van der Waals surface area contributed by atoms with E-state index in [1.165, 1.54) is 13.2 Å². The van der Waals surface area contributed by atoms with Crippen LogP contribution in [0.15, 0.2) is 53.4 Å². The van der Waals surface area contributed by atoms with Gasteiger partial charge in [0.05, 0.1) is 52.8 Å². The van der Waals surface area contributed by atoms with Gasteiger partial charge in [0.2, 0.25) is 0 Å². The molecule has 0 N–H and O–H groups in total. The van der Waals surface area contributed by atoms with Crippen LogP contribution in [0.1, 0.15) is 34.1 Å². The largest absolute Gasteiger partial charge is 0.482 e. The molecule has 1 unspecified atom stereocenters. The number of aromatic nitrogens is 2. The summed E-state index contributed by atoms with van der Waals surface area (Å²) in [6, 6.07) is 12.2. The highest BCUT2D eigenvalue weighted by atomic mass is 35.5. The summed E-state index contributed by atoms with van der Waals surface area (Å²) in [7, 11) is -2.33. The van der Waals surface area contributed by atoms with Crippen molar-refractivity contribution in [2.75, 3.05) is 52.3 Å². The van der Waals surface area contributed by atoms with E-state index in [0.717, 1.165) is 13.1 Å². The van der Waals surface area contributed by atoms with Gasteiger partial charge in [0, 0.05) is 31.7 Å². The van der Waals surface area contributed by atoms with Crippen LogP contribution in [0.4, 0.5) is 4.39 Å². The number of ether oxygens (including phenoxy) is 2. The number of hydrogen-bond acceptors (Lipinski definition) is 7. The minimum atomic E-state index is -3.85. The Morgan fingerprint density at radius 3 is 2.66 bits per heavy atom. The molecule has 0 bridgehead atoms. The molecular weight excluding hydrogens is 630 g/mol. The van der Waals surface area contributed by atoms with Crippen molar-refractivity contribution in [3.8, 4) is 17.1 Å². The predicted octanol–water partition coefficient (Wildman–Crippen LogP) is 5.46. The van der Waals surface area contributed by atoms with E-state index in [1.54, 1.807) is 58.7 Å². The normalized spacial score (nSPS) is 18.0. The van der Waals surface area contributed by atoms with Gasteiger partial charge in [-0.3, -0.25) is 14.1 Å². The van der Waals surface area contributed by atoms with E-state index < -0.39 is 21.8 Å². The fourth-order valence-electron chi connectivity index (χ4n) is 6.02. The average Bonchev–Trinajstić information content (AvgIpc) is 3.53. The Morgan fingerprint density at radius 2 is 1.93 bits per heavy atom. The second-order valence-corrected chi connectivity index (χ2v) is 13.7. The topological polar surface area (TPSA) is 93.4 Å². The highest BCUT2D eigenvalue weighted by Crippen LogP contribution is 2.44. The highest BCUT2D eigenvalue weighted by molar-refractivity contribution is 7.92. The number of amides is 1. The lowest BCUT2D eigenvalue weighted by molar-refractivity contribution is 0.0349. The number of imidazole rings is 1. The summed E-state index contributed by atoms with van der Waals surface area (Å²) in [5.74, 6) is -0.753. The number of aryl methyl sites for hydroxylation is 1. The molecule has 1 atom stereocenters. The number of hydrogen-bond donors (Lipinski definition) is 0. The smallest absolute Gasteiger partial charge is 0.275 e. The molecule has 2 aromatic heterocycles. The van der Waals surface area contributed by atoms with E-state index in [0.29, 0.717) is 60.1 Å². The molecular formula is C31H31Cl2FN4O5S. The molecule has 44 heavy (non-hydrogen) atoms. The van der Waals surface area contributed by atoms with Crippen molar-refractivity contribution in [3.63, 3.8) is 0 Å². The lowest BCUT2D eigenvalue weighted by Crippen LogP contribution is -2.41. The van der Waals surface area contributed by atoms with E-state index in [-0.39, 0.29) is 38.7 Å². The fraction of sp³-hybridized carbons (Fsp3) is 0.355. The first-order chi connectivity index (χ1) is 21.1. The molecule has 0 saturated carbocycles. The van der Waals surface area contributed by atoms with Crippen LogP contribution in [0.25, 0.3) is 16.9 Å². The van der Waals surface area contributed by atoms with Gasteiger partial charge in [-0.25, -0.2) is 17.8 Å². The van der Waals surface area contributed by atoms with Crippen molar-refractivity contribution in [1.29, 1.82) is 0 Å². The number of sulfone groups is 1. The van der Waals surface area contributed by atoms with E-state index >= 15 is 0 Å². The quantitative estimate of drug-likeness (QED) is 0.248. The molecule has 4 heterocycles. The fourth-order valence-corrected chi connectivity index (χ4v) is 8.65. The van der Waals surface area contributed by atoms with Crippen LogP contribution in [0.3, 0.4) is 0 Å². The molecule has 1 fully saturated rings. The number of carbonyl (C=O) groups excluding carboxylic acids is 1. The second kappa shape index (κ2) is 12.3. The van der Waals surface area contributed by atoms with Gasteiger partial charge < -0.3 is 14.4 Å². The van der Waals surface area contributed by atoms with Gasteiger partial charge in [-0.2, -0.15) is 0 Å². The molecule has 0 aliphatic carbocycles. The van der Waals surface area contributed by atoms with Crippen LogP contribution in [0.5, 0.6) is 5.88 Å². The third-order valence-electron chi connectivity index (χ3n) is 8.19. The number of benzene rings is 2. The summed E-state index contributed by atoms with van der Waals surface area (Å²) in [5, 5.41) is 0.0774. The third-order valence-corrected chi connectivity index (χ3v) is 10.9. The van der Waals surface area contributed by atoms with E-state index in [4.69, 9.17) is 37.7 Å². The van der Waals surface area contributed by atoms with Crippen LogP contribution in [-0.2, 0) is 14.6 Å². The zero-order valence-corrected chi connectivity index (χ0v) is 26.6. The standard InChI is InChI=1S/C31H31Cl2FN4O5S/c1-19-17-20(7-10-23(19)34)29-28(35-25-5-3-6-26(42-2)38(25)29)31(39)37(12-4-11-36-13-15-43-16-14-36)24-18-44(40,41)30-21(24)8-9-22(32)27(30)33/h3,5-10,17,24H,4,11-16,18H2,1-2H3. The number of halogens is 3. The molecule has 13 heteroatoms. The van der Waals surface area contributed by atoms with E-state index in [1.807, 2.05) is 0 Å². The van der Waals surface area contributed by atoms with Crippen LogP contribution >= 0.6 is 23.2 Å². The Bertz CT molecular complexity index is 1860. The minimum absolute atomic E-state index is 0.0475. The molecule has 6 rings (SSSR count). The molecule has 2 aliphatic rings. The maximum absolute atomic E-state index is 14.7. The molecule has 4 aromatic rings. The van der Waals surface area contributed by atoms with Crippen molar-refractivity contribution in [1.82, 2.24) is 19.2 Å². The van der Waals surface area contributed by atoms with Crippen molar-refractivity contribution >= 4 is 44.6 Å². The zero-order valence-electron chi connectivity index (χ0n) is 24.2. The maximum atomic E-state index is 14.7. The SMILES string of the molecule is COc1cccc2nc(C(=O)N(CCCN3CCOCC3)C3CS(=O)(=O)c4c3ccc(Cl)c4Cl)c(-c3ccc(F)c(C)c3)n12. The van der Waals surface area contributed by atoms with Crippen LogP contribution < -0.4 is 4.74 Å². The first-order valence-electron chi connectivity index (χ1n) is 14.2. The van der Waals surface area contributed by atoms with Crippen molar-refractivity contribution in [2.24, 2.45) is 0 Å². The third kappa shape index (κ3) is 5.56. The molecule has 9 nitrogen and oxygen atoms in total.